The minimum Gasteiger partial charge on any atom is -0.348 e. The van der Waals surface area contributed by atoms with Crippen molar-refractivity contribution in [1.29, 1.82) is 0 Å². The Bertz CT molecular complexity index is 797. The maximum Gasteiger partial charge on any atom is 0.253 e. The van der Waals surface area contributed by atoms with Gasteiger partial charge in [0.05, 0.1) is 22.5 Å². The summed E-state index contributed by atoms with van der Waals surface area (Å²) in [6, 6.07) is 5.44. The number of hydrogen-bond acceptors (Lipinski definition) is 3. The molecule has 0 spiro atoms. The molecule has 1 fully saturated rings. The number of nitrogens with zero attached hydrogens (tertiary/aromatic N) is 2. The number of pyridine rings is 1. The minimum atomic E-state index is -0.497. The van der Waals surface area contributed by atoms with Crippen molar-refractivity contribution in [2.24, 2.45) is 0 Å². The zero-order valence-corrected chi connectivity index (χ0v) is 13.5. The molecule has 7 heteroatoms. The molecule has 2 aromatic rings. The van der Waals surface area contributed by atoms with Crippen molar-refractivity contribution in [3.8, 4) is 0 Å². The Morgan fingerprint density at radius 1 is 1.33 bits per heavy atom. The highest BCUT2D eigenvalue weighted by molar-refractivity contribution is 6.33. The van der Waals surface area contributed by atoms with E-state index < -0.39 is 11.7 Å². The van der Waals surface area contributed by atoms with E-state index >= 15 is 0 Å². The summed E-state index contributed by atoms with van der Waals surface area (Å²) in [6.45, 7) is 0.914. The first-order valence-corrected chi connectivity index (χ1v) is 7.90. The topological polar surface area (TPSA) is 62.3 Å². The van der Waals surface area contributed by atoms with Crippen LogP contribution in [0.3, 0.4) is 0 Å². The van der Waals surface area contributed by atoms with Gasteiger partial charge in [-0.1, -0.05) is 11.6 Å². The molecule has 0 radical (unpaired) electrons. The Kier molecular flexibility index (Phi) is 4.76. The number of hydrogen-bond donors (Lipinski definition) is 1. The number of halogens is 2. The van der Waals surface area contributed by atoms with Crippen LogP contribution in [-0.2, 0) is 11.3 Å². The van der Waals surface area contributed by atoms with E-state index in [9.17, 15) is 14.0 Å². The number of benzene rings is 1. The Hall–Kier alpha value is -2.47. The van der Waals surface area contributed by atoms with E-state index in [1.165, 1.54) is 12.1 Å². The first-order valence-electron chi connectivity index (χ1n) is 7.52. The maximum atomic E-state index is 13.0. The third kappa shape index (κ3) is 3.54. The second-order valence-electron chi connectivity index (χ2n) is 5.51. The highest BCUT2D eigenvalue weighted by atomic mass is 35.5. The predicted octanol–water partition coefficient (Wildman–Crippen LogP) is 2.93. The highest BCUT2D eigenvalue weighted by Gasteiger charge is 2.22. The molecule has 0 aliphatic carbocycles. The van der Waals surface area contributed by atoms with Crippen molar-refractivity contribution in [3.05, 3.63) is 58.6 Å². The quantitative estimate of drug-likeness (QED) is 0.925. The second kappa shape index (κ2) is 6.97. The molecule has 0 saturated carbocycles. The van der Waals surface area contributed by atoms with Crippen LogP contribution >= 0.6 is 11.6 Å². The fourth-order valence-corrected chi connectivity index (χ4v) is 2.84. The predicted molar refractivity (Wildman–Crippen MR) is 88.4 cm³/mol. The molecule has 1 aromatic heterocycles. The van der Waals surface area contributed by atoms with Crippen molar-refractivity contribution in [3.63, 3.8) is 0 Å². The highest BCUT2D eigenvalue weighted by Crippen LogP contribution is 2.21. The molecule has 1 saturated heterocycles. The smallest absolute Gasteiger partial charge is 0.253 e. The Morgan fingerprint density at radius 2 is 2.17 bits per heavy atom. The van der Waals surface area contributed by atoms with Crippen LogP contribution in [0.15, 0.2) is 36.7 Å². The second-order valence-corrected chi connectivity index (χ2v) is 5.91. The molecule has 1 aromatic carbocycles. The van der Waals surface area contributed by atoms with Gasteiger partial charge in [-0.05, 0) is 36.2 Å². The molecule has 1 aliphatic heterocycles. The lowest BCUT2D eigenvalue weighted by Crippen LogP contribution is -2.25. The first-order chi connectivity index (χ1) is 11.5. The van der Waals surface area contributed by atoms with Crippen LogP contribution in [-0.4, -0.2) is 23.3 Å². The lowest BCUT2D eigenvalue weighted by atomic mass is 10.2. The van der Waals surface area contributed by atoms with Gasteiger partial charge in [0.15, 0.2) is 0 Å². The van der Waals surface area contributed by atoms with E-state index in [1.54, 1.807) is 17.3 Å². The van der Waals surface area contributed by atoms with Crippen molar-refractivity contribution in [2.45, 2.75) is 19.4 Å². The lowest BCUT2D eigenvalue weighted by Gasteiger charge is -2.16. The van der Waals surface area contributed by atoms with Crippen LogP contribution in [0.1, 0.15) is 28.8 Å². The van der Waals surface area contributed by atoms with E-state index in [2.05, 4.69) is 10.3 Å². The van der Waals surface area contributed by atoms with Crippen LogP contribution in [0.5, 0.6) is 0 Å². The Labute approximate surface area is 143 Å². The average molecular weight is 348 g/mol. The van der Waals surface area contributed by atoms with Gasteiger partial charge in [0.2, 0.25) is 5.91 Å². The molecule has 0 bridgehead atoms. The summed E-state index contributed by atoms with van der Waals surface area (Å²) in [4.78, 5) is 29.7. The molecule has 2 heterocycles. The van der Waals surface area contributed by atoms with E-state index in [0.717, 1.165) is 23.7 Å². The van der Waals surface area contributed by atoms with Crippen LogP contribution in [0.4, 0.5) is 10.1 Å². The molecule has 2 amide bonds. The molecule has 1 N–H and O–H groups in total. The fraction of sp³-hybridized carbons (Fsp3) is 0.235. The number of aromatic nitrogens is 1. The largest absolute Gasteiger partial charge is 0.348 e. The first kappa shape index (κ1) is 16.4. The van der Waals surface area contributed by atoms with Gasteiger partial charge in [-0.15, -0.1) is 0 Å². The van der Waals surface area contributed by atoms with Crippen LogP contribution in [0, 0.1) is 5.82 Å². The number of nitrogens with one attached hydrogen (secondary N) is 1. The van der Waals surface area contributed by atoms with E-state index in [0.29, 0.717) is 13.0 Å². The van der Waals surface area contributed by atoms with E-state index in [-0.39, 0.29) is 23.0 Å². The molecule has 0 unspecified atom stereocenters. The monoisotopic (exact) mass is 347 g/mol. The van der Waals surface area contributed by atoms with Crippen molar-refractivity contribution in [2.75, 3.05) is 11.4 Å². The third-order valence-electron chi connectivity index (χ3n) is 3.79. The summed E-state index contributed by atoms with van der Waals surface area (Å²) in [6.07, 6.45) is 4.63. The fourth-order valence-electron chi connectivity index (χ4n) is 2.59. The molecule has 124 valence electrons. The standard InChI is InChI=1S/C17H15ClFN3O2/c18-15-7-12(19)3-4-14(15)17(24)21-9-11-6-13(10-20-8-11)22-5-1-2-16(22)23/h3-4,6-8,10H,1-2,5,9H2,(H,21,24). The van der Waals surface area contributed by atoms with Crippen molar-refractivity contribution >= 4 is 29.1 Å². The summed E-state index contributed by atoms with van der Waals surface area (Å²) < 4.78 is 13.0. The molecule has 3 rings (SSSR count). The number of amides is 2. The maximum absolute atomic E-state index is 13.0. The molecular weight excluding hydrogens is 333 g/mol. The van der Waals surface area contributed by atoms with Gasteiger partial charge in [0.25, 0.3) is 5.91 Å². The van der Waals surface area contributed by atoms with Crippen molar-refractivity contribution < 1.29 is 14.0 Å². The van der Waals surface area contributed by atoms with Gasteiger partial charge in [0.1, 0.15) is 5.82 Å². The third-order valence-corrected chi connectivity index (χ3v) is 4.11. The van der Waals surface area contributed by atoms with E-state index in [1.807, 2.05) is 6.07 Å². The van der Waals surface area contributed by atoms with Gasteiger partial charge < -0.3 is 10.2 Å². The number of carbonyl (C=O) groups excluding carboxylic acids is 2. The molecular formula is C17H15ClFN3O2. The molecule has 5 nitrogen and oxygen atoms in total. The molecule has 0 atom stereocenters. The zero-order chi connectivity index (χ0) is 17.1. The van der Waals surface area contributed by atoms with Crippen LogP contribution in [0.25, 0.3) is 0 Å². The summed E-state index contributed by atoms with van der Waals surface area (Å²) in [5.74, 6) is -0.817. The van der Waals surface area contributed by atoms with Gasteiger partial charge in [0, 0.05) is 25.7 Å². The Morgan fingerprint density at radius 3 is 2.88 bits per heavy atom. The van der Waals surface area contributed by atoms with Gasteiger partial charge in [-0.25, -0.2) is 4.39 Å². The van der Waals surface area contributed by atoms with Gasteiger partial charge >= 0.3 is 0 Å². The normalized spacial score (nSPS) is 14.1. The van der Waals surface area contributed by atoms with Crippen LogP contribution in [0.2, 0.25) is 5.02 Å². The number of carbonyl (C=O) groups is 2. The number of anilines is 1. The summed E-state index contributed by atoms with van der Waals surface area (Å²) in [5, 5.41) is 2.77. The van der Waals surface area contributed by atoms with Gasteiger partial charge in [-0.2, -0.15) is 0 Å². The van der Waals surface area contributed by atoms with E-state index in [4.69, 9.17) is 11.6 Å². The van der Waals surface area contributed by atoms with Crippen molar-refractivity contribution in [1.82, 2.24) is 10.3 Å². The lowest BCUT2D eigenvalue weighted by molar-refractivity contribution is -0.117. The van der Waals surface area contributed by atoms with Gasteiger partial charge in [-0.3, -0.25) is 14.6 Å². The summed E-state index contributed by atoms with van der Waals surface area (Å²) >= 11 is 5.88. The number of rotatable bonds is 4. The molecule has 24 heavy (non-hydrogen) atoms. The SMILES string of the molecule is O=C(NCc1cncc(N2CCCC2=O)c1)c1ccc(F)cc1Cl. The summed E-state index contributed by atoms with van der Waals surface area (Å²) in [7, 11) is 0. The Balaban J connectivity index is 1.68. The summed E-state index contributed by atoms with van der Waals surface area (Å²) in [5.41, 5.74) is 1.69. The molecule has 1 aliphatic rings. The zero-order valence-electron chi connectivity index (χ0n) is 12.8. The average Bonchev–Trinajstić information content (AvgIpc) is 2.99. The van der Waals surface area contributed by atoms with Crippen LogP contribution < -0.4 is 10.2 Å². The minimum absolute atomic E-state index is 0.0574.